The minimum Gasteiger partial charge on any atom is -0.497 e. The highest BCUT2D eigenvalue weighted by molar-refractivity contribution is 7.80. The summed E-state index contributed by atoms with van der Waals surface area (Å²) in [5.74, 6) is 0.810. The molecule has 1 amide bonds. The van der Waals surface area contributed by atoms with Gasteiger partial charge in [0.15, 0.2) is 0 Å². The molecule has 0 aromatic heterocycles. The first-order valence-corrected chi connectivity index (χ1v) is 9.53. The van der Waals surface area contributed by atoms with E-state index in [0.717, 1.165) is 11.4 Å². The summed E-state index contributed by atoms with van der Waals surface area (Å²) in [6.45, 7) is 0. The first-order chi connectivity index (χ1) is 14.9. The summed E-state index contributed by atoms with van der Waals surface area (Å²) in [6, 6.07) is 19.5. The number of hydrogen-bond donors (Lipinski definition) is 1. The number of rotatable bonds is 6. The van der Waals surface area contributed by atoms with E-state index in [1.807, 2.05) is 24.3 Å². The van der Waals surface area contributed by atoms with Gasteiger partial charge in [-0.3, -0.25) is 14.9 Å². The molecule has 3 aromatic rings. The molecule has 158 valence electrons. The third kappa shape index (κ3) is 5.55. The molecule has 0 fully saturated rings. The Hall–Kier alpha value is -3.98. The maximum absolute atomic E-state index is 12.4. The Morgan fingerprint density at radius 2 is 1.68 bits per heavy atom. The summed E-state index contributed by atoms with van der Waals surface area (Å²) in [6.07, 6.45) is 0. The summed E-state index contributed by atoms with van der Waals surface area (Å²) < 4.78 is 10.8. The number of nitro benzene ring substituents is 1. The zero-order valence-electron chi connectivity index (χ0n) is 16.8. The zero-order chi connectivity index (χ0) is 22.4. The van der Waals surface area contributed by atoms with Crippen LogP contribution in [-0.4, -0.2) is 30.2 Å². The van der Waals surface area contributed by atoms with Gasteiger partial charge in [0.2, 0.25) is 0 Å². The molecule has 8 nitrogen and oxygen atoms in total. The maximum Gasteiger partial charge on any atom is 0.271 e. The van der Waals surface area contributed by atoms with Gasteiger partial charge >= 0.3 is 0 Å². The van der Waals surface area contributed by atoms with Crippen molar-refractivity contribution in [3.05, 3.63) is 88.5 Å². The predicted molar refractivity (Wildman–Crippen MR) is 122 cm³/mol. The molecule has 0 atom stereocenters. The number of hydrogen-bond acceptors (Lipinski definition) is 6. The van der Waals surface area contributed by atoms with Gasteiger partial charge < -0.3 is 19.7 Å². The number of nitro groups is 1. The van der Waals surface area contributed by atoms with Crippen LogP contribution in [-0.2, 0) is 0 Å². The van der Waals surface area contributed by atoms with E-state index >= 15 is 0 Å². The van der Waals surface area contributed by atoms with Crippen molar-refractivity contribution in [1.82, 2.24) is 0 Å². The molecule has 0 heterocycles. The monoisotopic (exact) mass is 437 g/mol. The lowest BCUT2D eigenvalue weighted by molar-refractivity contribution is -0.384. The highest BCUT2D eigenvalue weighted by Crippen LogP contribution is 2.21. The Balaban J connectivity index is 1.62. The minimum atomic E-state index is -0.520. The minimum absolute atomic E-state index is 0.101. The first-order valence-electron chi connectivity index (χ1n) is 9.13. The van der Waals surface area contributed by atoms with Crippen LogP contribution in [0, 0.1) is 10.1 Å². The number of non-ortho nitro benzene ring substituents is 1. The Morgan fingerprint density at radius 3 is 2.29 bits per heavy atom. The molecule has 0 saturated carbocycles. The van der Waals surface area contributed by atoms with Gasteiger partial charge in [0, 0.05) is 36.1 Å². The molecule has 0 aliphatic carbocycles. The standard InChI is InChI=1S/C22H19N3O5S/c1-24(17-8-12-19(29-2)13-9-17)22(31)30-20-10-6-15(7-11-20)21(26)23-16-4-3-5-18(14-16)25(27)28/h3-14H,1-2H3,(H,23,26). The van der Waals surface area contributed by atoms with E-state index in [4.69, 9.17) is 21.7 Å². The van der Waals surface area contributed by atoms with E-state index in [1.165, 1.54) is 18.2 Å². The van der Waals surface area contributed by atoms with Crippen molar-refractivity contribution in [3.8, 4) is 11.5 Å². The second-order valence-corrected chi connectivity index (χ2v) is 6.76. The van der Waals surface area contributed by atoms with Crippen molar-refractivity contribution in [3.63, 3.8) is 0 Å². The number of anilines is 2. The number of amides is 1. The lowest BCUT2D eigenvalue weighted by Gasteiger charge is -2.20. The van der Waals surface area contributed by atoms with Gasteiger partial charge in [-0.05, 0) is 66.8 Å². The van der Waals surface area contributed by atoms with Gasteiger partial charge in [-0.25, -0.2) is 0 Å². The summed E-state index contributed by atoms with van der Waals surface area (Å²) in [7, 11) is 3.38. The summed E-state index contributed by atoms with van der Waals surface area (Å²) in [5.41, 5.74) is 1.44. The molecule has 3 aromatic carbocycles. The van der Waals surface area contributed by atoms with Crippen LogP contribution in [0.1, 0.15) is 10.4 Å². The molecule has 0 aliphatic heterocycles. The van der Waals surface area contributed by atoms with Crippen LogP contribution in [0.15, 0.2) is 72.8 Å². The van der Waals surface area contributed by atoms with Crippen LogP contribution in [0.25, 0.3) is 0 Å². The van der Waals surface area contributed by atoms with Crippen LogP contribution in [0.4, 0.5) is 17.1 Å². The number of carbonyl (C=O) groups excluding carboxylic acids is 1. The third-order valence-electron chi connectivity index (χ3n) is 4.37. The number of nitrogens with zero attached hydrogens (tertiary/aromatic N) is 2. The van der Waals surface area contributed by atoms with E-state index in [2.05, 4.69) is 5.32 Å². The molecule has 0 spiro atoms. The fourth-order valence-electron chi connectivity index (χ4n) is 2.66. The van der Waals surface area contributed by atoms with E-state index in [-0.39, 0.29) is 10.9 Å². The van der Waals surface area contributed by atoms with Crippen molar-refractivity contribution >= 4 is 40.4 Å². The van der Waals surface area contributed by atoms with Crippen molar-refractivity contribution in [2.75, 3.05) is 24.4 Å². The zero-order valence-corrected chi connectivity index (χ0v) is 17.6. The SMILES string of the molecule is COc1ccc(N(C)C(=S)Oc2ccc(C(=O)Nc3cccc([N+](=O)[O-])c3)cc2)cc1. The lowest BCUT2D eigenvalue weighted by atomic mass is 10.2. The van der Waals surface area contributed by atoms with Crippen molar-refractivity contribution in [2.24, 2.45) is 0 Å². The second kappa shape index (κ2) is 9.68. The van der Waals surface area contributed by atoms with Crippen molar-refractivity contribution < 1.29 is 19.2 Å². The predicted octanol–water partition coefficient (Wildman–Crippen LogP) is 4.66. The summed E-state index contributed by atoms with van der Waals surface area (Å²) in [4.78, 5) is 24.5. The van der Waals surface area contributed by atoms with Gasteiger partial charge in [0.25, 0.3) is 16.8 Å². The fourth-order valence-corrected chi connectivity index (χ4v) is 2.86. The number of benzene rings is 3. The number of nitrogens with one attached hydrogen (secondary N) is 1. The molecule has 0 saturated heterocycles. The van der Waals surface area contributed by atoms with Crippen LogP contribution in [0.3, 0.4) is 0 Å². The number of carbonyl (C=O) groups is 1. The molecule has 1 N–H and O–H groups in total. The molecule has 0 radical (unpaired) electrons. The van der Waals surface area contributed by atoms with Gasteiger partial charge in [-0.1, -0.05) is 6.07 Å². The average Bonchev–Trinajstić information content (AvgIpc) is 2.79. The van der Waals surface area contributed by atoms with E-state index in [9.17, 15) is 14.9 Å². The molecule has 3 rings (SSSR count). The van der Waals surface area contributed by atoms with Gasteiger partial charge in [-0.2, -0.15) is 0 Å². The lowest BCUT2D eigenvalue weighted by Crippen LogP contribution is -2.29. The van der Waals surface area contributed by atoms with Gasteiger partial charge in [-0.15, -0.1) is 0 Å². The number of thiocarbonyl (C=S) groups is 1. The van der Waals surface area contributed by atoms with Gasteiger partial charge in [0.05, 0.1) is 12.0 Å². The Labute approximate surface area is 184 Å². The molecule has 0 aliphatic rings. The maximum atomic E-state index is 12.4. The normalized spacial score (nSPS) is 10.1. The van der Waals surface area contributed by atoms with E-state index in [0.29, 0.717) is 17.0 Å². The highest BCUT2D eigenvalue weighted by Gasteiger charge is 2.12. The third-order valence-corrected chi connectivity index (χ3v) is 4.73. The Bertz CT molecular complexity index is 1100. The quantitative estimate of drug-likeness (QED) is 0.341. The molecule has 0 unspecified atom stereocenters. The van der Waals surface area contributed by atoms with Crippen LogP contribution in [0.2, 0.25) is 0 Å². The van der Waals surface area contributed by atoms with Crippen LogP contribution in [0.5, 0.6) is 11.5 Å². The van der Waals surface area contributed by atoms with Gasteiger partial charge in [0.1, 0.15) is 11.5 Å². The smallest absolute Gasteiger partial charge is 0.271 e. The molecule has 31 heavy (non-hydrogen) atoms. The summed E-state index contributed by atoms with van der Waals surface area (Å²) >= 11 is 5.34. The Kier molecular flexibility index (Phi) is 6.78. The fraction of sp³-hybridized carbons (Fsp3) is 0.0909. The molecule has 0 bridgehead atoms. The average molecular weight is 437 g/mol. The molecular weight excluding hydrogens is 418 g/mol. The molecular formula is C22H19N3O5S. The van der Waals surface area contributed by atoms with Crippen LogP contribution >= 0.6 is 12.2 Å². The van der Waals surface area contributed by atoms with E-state index in [1.54, 1.807) is 49.4 Å². The summed E-state index contributed by atoms with van der Waals surface area (Å²) in [5, 5.41) is 13.7. The largest absolute Gasteiger partial charge is 0.497 e. The van der Waals surface area contributed by atoms with Crippen molar-refractivity contribution in [1.29, 1.82) is 0 Å². The number of ether oxygens (including phenoxy) is 2. The van der Waals surface area contributed by atoms with E-state index < -0.39 is 10.8 Å². The van der Waals surface area contributed by atoms with Crippen LogP contribution < -0.4 is 19.7 Å². The highest BCUT2D eigenvalue weighted by atomic mass is 32.1. The number of methoxy groups -OCH3 is 1. The first kappa shape index (κ1) is 21.7. The van der Waals surface area contributed by atoms with Crippen molar-refractivity contribution in [2.45, 2.75) is 0 Å². The second-order valence-electron chi connectivity index (χ2n) is 6.41. The Morgan fingerprint density at radius 1 is 1.03 bits per heavy atom. The molecule has 9 heteroatoms. The topological polar surface area (TPSA) is 93.9 Å².